The molecule has 0 amide bonds. The van der Waals surface area contributed by atoms with Crippen LogP contribution in [0.5, 0.6) is 0 Å². The van der Waals surface area contributed by atoms with Crippen molar-refractivity contribution in [1.82, 2.24) is 19.9 Å². The van der Waals surface area contributed by atoms with Gasteiger partial charge in [-0.3, -0.25) is 15.0 Å². The third-order valence-electron chi connectivity index (χ3n) is 8.10. The first-order chi connectivity index (χ1) is 21.7. The molecule has 8 aromatic rings. The van der Waals surface area contributed by atoms with E-state index in [2.05, 4.69) is 63.5 Å². The van der Waals surface area contributed by atoms with Crippen LogP contribution in [0.2, 0.25) is 0 Å². The number of fused-ring (bicyclic) bond motifs is 6. The van der Waals surface area contributed by atoms with Crippen LogP contribution in [0.25, 0.3) is 55.1 Å². The van der Waals surface area contributed by atoms with Gasteiger partial charge in [-0.25, -0.2) is 4.98 Å². The van der Waals surface area contributed by atoms with Crippen LogP contribution in [-0.2, 0) is 4.57 Å². The van der Waals surface area contributed by atoms with Gasteiger partial charge in [0.25, 0.3) is 0 Å². The van der Waals surface area contributed by atoms with E-state index in [-0.39, 0.29) is 0 Å². The van der Waals surface area contributed by atoms with Gasteiger partial charge in [-0.05, 0) is 75.5 Å². The summed E-state index contributed by atoms with van der Waals surface area (Å²) in [4.78, 5) is 18.7. The van der Waals surface area contributed by atoms with E-state index in [1.165, 1.54) is 5.39 Å². The maximum Gasteiger partial charge on any atom is 0.189 e. The molecule has 1 unspecified atom stereocenters. The van der Waals surface area contributed by atoms with Crippen LogP contribution in [0.15, 0.2) is 152 Å². The molecule has 0 saturated carbocycles. The number of rotatable bonds is 5. The molecule has 44 heavy (non-hydrogen) atoms. The van der Waals surface area contributed by atoms with Gasteiger partial charge in [0.05, 0.1) is 22.8 Å². The van der Waals surface area contributed by atoms with Gasteiger partial charge >= 0.3 is 0 Å². The lowest BCUT2D eigenvalue weighted by Gasteiger charge is -2.23. The maximum atomic E-state index is 16.2. The maximum absolute atomic E-state index is 16.2. The molecule has 0 saturated heterocycles. The van der Waals surface area contributed by atoms with Crippen molar-refractivity contribution in [3.05, 3.63) is 152 Å². The van der Waals surface area contributed by atoms with Gasteiger partial charge in [-0.15, -0.1) is 0 Å². The number of aromatic nitrogens is 4. The molecule has 0 fully saturated rings. The highest BCUT2D eigenvalue weighted by Gasteiger charge is 2.34. The first-order valence-corrected chi connectivity index (χ1v) is 16.1. The average Bonchev–Trinajstić information content (AvgIpc) is 3.12. The number of hydrogen-bond acceptors (Lipinski definition) is 5. The molecular weight excluding hydrogens is 559 g/mol. The Kier molecular flexibility index (Phi) is 6.32. The van der Waals surface area contributed by atoms with E-state index >= 15 is 4.57 Å². The Labute approximate surface area is 254 Å². The van der Waals surface area contributed by atoms with E-state index in [1.807, 2.05) is 84.9 Å². The fourth-order valence-corrected chi connectivity index (χ4v) is 8.89. The zero-order valence-corrected chi connectivity index (χ0v) is 24.5. The molecular formula is C38H25N4OP. The van der Waals surface area contributed by atoms with E-state index in [0.29, 0.717) is 27.8 Å². The smallest absolute Gasteiger partial charge is 0.189 e. The normalized spacial score (nSPS) is 12.8. The molecule has 0 spiro atoms. The topological polar surface area (TPSA) is 68.6 Å². The van der Waals surface area contributed by atoms with Gasteiger partial charge in [0.1, 0.15) is 5.44 Å². The van der Waals surface area contributed by atoms with Gasteiger partial charge in [0, 0.05) is 34.6 Å². The van der Waals surface area contributed by atoms with Crippen molar-refractivity contribution in [3.8, 4) is 22.8 Å². The molecule has 8 rings (SSSR count). The van der Waals surface area contributed by atoms with Gasteiger partial charge in [-0.1, -0.05) is 84.9 Å². The summed E-state index contributed by atoms with van der Waals surface area (Å²) in [7, 11) is -3.61. The molecule has 0 aliphatic carbocycles. The third kappa shape index (κ3) is 4.21. The standard InChI is InChI=1S/C38H25N4OP/c43-44(26-21-24-41-35(25-26)33-17-6-8-23-40-33,37-20-10-18-34(42-37)32-16-5-7-22-39-32)36-19-9-15-31-29-12-2-1-11-27(29)28-13-3-4-14-30(28)38(31)36/h1-25H. The van der Waals surface area contributed by atoms with E-state index in [4.69, 9.17) is 4.98 Å². The fourth-order valence-electron chi connectivity index (χ4n) is 6.12. The summed E-state index contributed by atoms with van der Waals surface area (Å²) in [6.07, 6.45) is 5.20. The minimum absolute atomic E-state index is 0.489. The van der Waals surface area contributed by atoms with E-state index in [0.717, 1.165) is 37.9 Å². The Hall–Kier alpha value is -5.51. The Morgan fingerprint density at radius 2 is 0.955 bits per heavy atom. The van der Waals surface area contributed by atoms with Crippen molar-refractivity contribution in [2.24, 2.45) is 0 Å². The predicted molar refractivity (Wildman–Crippen MR) is 180 cm³/mol. The summed E-state index contributed by atoms with van der Waals surface area (Å²) in [6, 6.07) is 43.8. The highest BCUT2D eigenvalue weighted by atomic mass is 31.2. The molecule has 0 N–H and O–H groups in total. The molecule has 4 aromatic heterocycles. The van der Waals surface area contributed by atoms with Crippen molar-refractivity contribution in [2.45, 2.75) is 0 Å². The second-order valence-corrected chi connectivity index (χ2v) is 13.3. The molecule has 0 aliphatic rings. The molecule has 0 radical (unpaired) electrons. The van der Waals surface area contributed by atoms with Crippen molar-refractivity contribution in [1.29, 1.82) is 0 Å². The summed E-state index contributed by atoms with van der Waals surface area (Å²) in [5.41, 5.74) is 3.24. The van der Waals surface area contributed by atoms with Crippen molar-refractivity contribution in [3.63, 3.8) is 0 Å². The largest absolute Gasteiger partial charge is 0.307 e. The second-order valence-electron chi connectivity index (χ2n) is 10.6. The van der Waals surface area contributed by atoms with E-state index in [1.54, 1.807) is 18.6 Å². The lowest BCUT2D eigenvalue weighted by atomic mass is 9.94. The molecule has 4 aromatic carbocycles. The Bertz CT molecular complexity index is 2240. The quantitative estimate of drug-likeness (QED) is 0.153. The molecule has 0 bridgehead atoms. The van der Waals surface area contributed by atoms with Gasteiger partial charge < -0.3 is 4.57 Å². The molecule has 5 nitrogen and oxygen atoms in total. The Morgan fingerprint density at radius 1 is 0.432 bits per heavy atom. The van der Waals surface area contributed by atoms with E-state index < -0.39 is 7.14 Å². The highest BCUT2D eigenvalue weighted by Crippen LogP contribution is 2.47. The predicted octanol–water partition coefficient (Wildman–Crippen LogP) is 7.70. The average molecular weight is 585 g/mol. The number of pyridine rings is 4. The zero-order chi connectivity index (χ0) is 29.5. The lowest BCUT2D eigenvalue weighted by Crippen LogP contribution is -2.28. The fraction of sp³-hybridized carbons (Fsp3) is 0. The van der Waals surface area contributed by atoms with Crippen molar-refractivity contribution in [2.75, 3.05) is 0 Å². The molecule has 4 heterocycles. The van der Waals surface area contributed by atoms with Gasteiger partial charge in [0.2, 0.25) is 0 Å². The zero-order valence-electron chi connectivity index (χ0n) is 23.6. The van der Waals surface area contributed by atoms with Crippen LogP contribution in [0.3, 0.4) is 0 Å². The van der Waals surface area contributed by atoms with Crippen LogP contribution in [0.1, 0.15) is 0 Å². The second kappa shape index (κ2) is 10.6. The molecule has 1 atom stereocenters. The Balaban J connectivity index is 1.49. The van der Waals surface area contributed by atoms with E-state index in [9.17, 15) is 0 Å². The van der Waals surface area contributed by atoms with Crippen LogP contribution < -0.4 is 16.0 Å². The molecule has 6 heteroatoms. The van der Waals surface area contributed by atoms with Crippen molar-refractivity contribution >= 4 is 55.5 Å². The number of nitrogens with zero attached hydrogens (tertiary/aromatic N) is 4. The number of hydrogen-bond donors (Lipinski definition) is 0. The first-order valence-electron chi connectivity index (χ1n) is 14.4. The summed E-state index contributed by atoms with van der Waals surface area (Å²) in [5, 5.41) is 7.85. The van der Waals surface area contributed by atoms with Crippen LogP contribution in [0, 0.1) is 0 Å². The lowest BCUT2D eigenvalue weighted by molar-refractivity contribution is 0.592. The monoisotopic (exact) mass is 584 g/mol. The summed E-state index contributed by atoms with van der Waals surface area (Å²) in [5.74, 6) is 0. The van der Waals surface area contributed by atoms with Crippen molar-refractivity contribution < 1.29 is 4.57 Å². The van der Waals surface area contributed by atoms with Gasteiger partial charge in [-0.2, -0.15) is 0 Å². The SMILES string of the molecule is O=P(c1ccnc(-c2ccccn2)c1)(c1cccc(-c2ccccn2)n1)c1cccc2c3ccccc3c3ccccc3c12. The minimum atomic E-state index is -3.61. The number of benzene rings is 4. The third-order valence-corrected chi connectivity index (χ3v) is 11.1. The van der Waals surface area contributed by atoms with Crippen LogP contribution in [0.4, 0.5) is 0 Å². The first kappa shape index (κ1) is 26.1. The molecule has 0 aliphatic heterocycles. The highest BCUT2D eigenvalue weighted by molar-refractivity contribution is 7.85. The summed E-state index contributed by atoms with van der Waals surface area (Å²) in [6.45, 7) is 0. The summed E-state index contributed by atoms with van der Waals surface area (Å²) < 4.78 is 16.2. The Morgan fingerprint density at radius 3 is 1.61 bits per heavy atom. The minimum Gasteiger partial charge on any atom is -0.307 e. The van der Waals surface area contributed by atoms with Gasteiger partial charge in [0.15, 0.2) is 7.14 Å². The van der Waals surface area contributed by atoms with Crippen LogP contribution in [-0.4, -0.2) is 19.9 Å². The molecule has 208 valence electrons. The summed E-state index contributed by atoms with van der Waals surface area (Å²) >= 11 is 0. The van der Waals surface area contributed by atoms with Crippen LogP contribution >= 0.6 is 7.14 Å².